The van der Waals surface area contributed by atoms with Gasteiger partial charge in [-0.1, -0.05) is 20.8 Å². The lowest BCUT2D eigenvalue weighted by Gasteiger charge is -2.71. The average molecular weight is 453 g/mol. The van der Waals surface area contributed by atoms with Crippen molar-refractivity contribution < 1.29 is 9.59 Å². The van der Waals surface area contributed by atoms with Crippen LogP contribution in [0.25, 0.3) is 0 Å². The summed E-state index contributed by atoms with van der Waals surface area (Å²) in [7, 11) is 0. The lowest BCUT2D eigenvalue weighted by atomic mass is 9.33. The molecule has 4 nitrogen and oxygen atoms in total. The highest BCUT2D eigenvalue weighted by Crippen LogP contribution is 2.76. The van der Waals surface area contributed by atoms with E-state index in [-0.39, 0.29) is 44.9 Å². The van der Waals surface area contributed by atoms with Crippen LogP contribution in [-0.2, 0) is 9.59 Å². The van der Waals surface area contributed by atoms with Gasteiger partial charge in [0.2, 0.25) is 5.91 Å². The molecule has 4 aliphatic carbocycles. The first-order chi connectivity index (χ1) is 15.3. The van der Waals surface area contributed by atoms with Gasteiger partial charge in [0.1, 0.15) is 5.78 Å². The summed E-state index contributed by atoms with van der Waals surface area (Å²) >= 11 is 0. The third kappa shape index (κ3) is 2.86. The Morgan fingerprint density at radius 3 is 2.30 bits per heavy atom. The van der Waals surface area contributed by atoms with Crippen molar-refractivity contribution in [2.75, 3.05) is 0 Å². The van der Waals surface area contributed by atoms with Gasteiger partial charge in [-0.3, -0.25) is 9.59 Å². The number of nitrogens with zero attached hydrogens (tertiary/aromatic N) is 1. The van der Waals surface area contributed by atoms with Crippen molar-refractivity contribution in [3.05, 3.63) is 0 Å². The monoisotopic (exact) mass is 452 g/mol. The molecule has 9 atom stereocenters. The van der Waals surface area contributed by atoms with Gasteiger partial charge < -0.3 is 5.32 Å². The van der Waals surface area contributed by atoms with Crippen molar-refractivity contribution in [3.63, 3.8) is 0 Å². The minimum Gasteiger partial charge on any atom is -0.351 e. The van der Waals surface area contributed by atoms with E-state index in [1.807, 2.05) is 0 Å². The zero-order valence-corrected chi connectivity index (χ0v) is 21.7. The van der Waals surface area contributed by atoms with Gasteiger partial charge in [0.25, 0.3) is 0 Å². The first kappa shape index (κ1) is 23.4. The van der Waals surface area contributed by atoms with Crippen LogP contribution < -0.4 is 5.32 Å². The Hall–Kier alpha value is -1.37. The van der Waals surface area contributed by atoms with Crippen molar-refractivity contribution >= 4 is 11.7 Å². The molecular formula is C29H44N2O2. The topological polar surface area (TPSA) is 70.0 Å². The Bertz CT molecular complexity index is 919. The van der Waals surface area contributed by atoms with E-state index in [4.69, 9.17) is 0 Å². The lowest BCUT2D eigenvalue weighted by Crippen LogP contribution is -2.66. The second kappa shape index (κ2) is 7.08. The predicted molar refractivity (Wildman–Crippen MR) is 129 cm³/mol. The van der Waals surface area contributed by atoms with Gasteiger partial charge in [0.15, 0.2) is 0 Å². The second-order valence-corrected chi connectivity index (χ2v) is 14.0. The molecule has 1 aliphatic heterocycles. The summed E-state index contributed by atoms with van der Waals surface area (Å²) in [6, 6.07) is 2.78. The van der Waals surface area contributed by atoms with E-state index >= 15 is 0 Å². The summed E-state index contributed by atoms with van der Waals surface area (Å²) in [4.78, 5) is 25.4. The zero-order chi connectivity index (χ0) is 24.0. The number of carbonyl (C=O) groups is 2. The van der Waals surface area contributed by atoms with Crippen LogP contribution in [0.3, 0.4) is 0 Å². The molecule has 0 radical (unpaired) electrons. The van der Waals surface area contributed by atoms with Crippen LogP contribution in [0.5, 0.6) is 0 Å². The first-order valence-electron chi connectivity index (χ1n) is 13.6. The van der Waals surface area contributed by atoms with Crippen LogP contribution in [0.15, 0.2) is 0 Å². The molecule has 5 rings (SSSR count). The van der Waals surface area contributed by atoms with Crippen LogP contribution in [-0.4, -0.2) is 17.2 Å². The molecule has 1 heterocycles. The average Bonchev–Trinajstić information content (AvgIpc) is 3.09. The van der Waals surface area contributed by atoms with E-state index in [9.17, 15) is 14.9 Å². The van der Waals surface area contributed by atoms with Crippen molar-refractivity contribution in [2.45, 2.75) is 111 Å². The number of nitrogens with one attached hydrogen (secondary N) is 1. The van der Waals surface area contributed by atoms with E-state index in [1.165, 1.54) is 12.8 Å². The number of nitriles is 1. The Kier molecular flexibility index (Phi) is 5.02. The fraction of sp³-hybridized carbons (Fsp3) is 0.897. The number of hydrogen-bond acceptors (Lipinski definition) is 3. The molecule has 5 fully saturated rings. The molecule has 1 amide bonds. The number of rotatable bonds is 1. The maximum Gasteiger partial charge on any atom is 0.220 e. The van der Waals surface area contributed by atoms with Crippen molar-refractivity contribution in [3.8, 4) is 6.07 Å². The maximum atomic E-state index is 12.7. The summed E-state index contributed by atoms with van der Waals surface area (Å²) in [6.07, 6.45) is 10.2. The highest BCUT2D eigenvalue weighted by molar-refractivity contribution is 5.79. The van der Waals surface area contributed by atoms with Crippen LogP contribution in [0.2, 0.25) is 0 Å². The summed E-state index contributed by atoms with van der Waals surface area (Å²) in [5, 5.41) is 13.7. The van der Waals surface area contributed by atoms with Gasteiger partial charge in [-0.05, 0) is 118 Å². The Morgan fingerprint density at radius 2 is 1.64 bits per heavy atom. The molecule has 4 saturated carbocycles. The molecule has 0 aromatic carbocycles. The van der Waals surface area contributed by atoms with E-state index in [2.05, 4.69) is 46.0 Å². The van der Waals surface area contributed by atoms with E-state index < -0.39 is 0 Å². The smallest absolute Gasteiger partial charge is 0.220 e. The standard InChI is InChI=1S/C29H44N2O2/c1-18(32)19-9-14-29(17-30)16-15-27(5)20(24(19)29)7-8-22-26(4)12-11-23(33)31-25(2,3)21(26)10-13-28(22,27)6/h19-22,24H,7-16H2,1-6H3,(H,31,33)/t19-,20+,21-,22+,24+,26-,27+,28+,29+/m0/s1. The molecule has 0 bridgehead atoms. The van der Waals surface area contributed by atoms with Gasteiger partial charge in [-0.25, -0.2) is 0 Å². The number of fused-ring (bicyclic) bond motifs is 7. The molecule has 182 valence electrons. The molecule has 33 heavy (non-hydrogen) atoms. The first-order valence-corrected chi connectivity index (χ1v) is 13.6. The van der Waals surface area contributed by atoms with Crippen molar-refractivity contribution in [1.29, 1.82) is 5.26 Å². The summed E-state index contributed by atoms with van der Waals surface area (Å²) in [5.41, 5.74) is 0.0284. The van der Waals surface area contributed by atoms with Gasteiger partial charge in [-0.15, -0.1) is 0 Å². The maximum absolute atomic E-state index is 12.7. The molecule has 0 unspecified atom stereocenters. The fourth-order valence-corrected chi connectivity index (χ4v) is 11.0. The number of Topliss-reactive ketones (excluding diaryl/α,β-unsaturated/α-hetero) is 1. The Labute approximate surface area is 200 Å². The number of carbonyl (C=O) groups excluding carboxylic acids is 2. The van der Waals surface area contributed by atoms with Crippen LogP contribution in [0.1, 0.15) is 106 Å². The van der Waals surface area contributed by atoms with Crippen molar-refractivity contribution in [2.24, 2.45) is 51.2 Å². The number of hydrogen-bond donors (Lipinski definition) is 1. The molecule has 0 spiro atoms. The fourth-order valence-electron chi connectivity index (χ4n) is 11.0. The summed E-state index contributed by atoms with van der Waals surface area (Å²) < 4.78 is 0. The third-order valence-electron chi connectivity index (χ3n) is 12.7. The van der Waals surface area contributed by atoms with Crippen molar-refractivity contribution in [1.82, 2.24) is 5.32 Å². The molecule has 1 N–H and O–H groups in total. The normalized spacial score (nSPS) is 52.8. The van der Waals surface area contributed by atoms with Gasteiger partial charge in [0.05, 0.1) is 11.5 Å². The molecular weight excluding hydrogens is 408 g/mol. The largest absolute Gasteiger partial charge is 0.351 e. The third-order valence-corrected chi connectivity index (χ3v) is 12.7. The second-order valence-electron chi connectivity index (χ2n) is 14.0. The van der Waals surface area contributed by atoms with Crippen LogP contribution in [0.4, 0.5) is 0 Å². The molecule has 0 aromatic rings. The number of ketones is 1. The molecule has 1 saturated heterocycles. The Balaban J connectivity index is 1.57. The zero-order valence-electron chi connectivity index (χ0n) is 21.7. The quantitative estimate of drug-likeness (QED) is 0.526. The molecule has 0 aromatic heterocycles. The van der Waals surface area contributed by atoms with E-state index in [0.29, 0.717) is 30.0 Å². The van der Waals surface area contributed by atoms with Crippen LogP contribution in [0, 0.1) is 62.6 Å². The highest BCUT2D eigenvalue weighted by atomic mass is 16.1. The minimum absolute atomic E-state index is 0.0694. The summed E-state index contributed by atoms with van der Waals surface area (Å²) in [6.45, 7) is 13.9. The van der Waals surface area contributed by atoms with Gasteiger partial charge in [0, 0.05) is 17.9 Å². The predicted octanol–water partition coefficient (Wildman–Crippen LogP) is 6.05. The summed E-state index contributed by atoms with van der Waals surface area (Å²) in [5.74, 6) is 2.36. The molecule has 4 heteroatoms. The van der Waals surface area contributed by atoms with Gasteiger partial charge >= 0.3 is 0 Å². The SMILES string of the molecule is CC(=O)[C@@H]1CC[C@]2(C#N)CC[C@]3(C)[C@H](CC[C@@H]4[C@@]5(C)CCC(=O)NC(C)(C)[C@@H]5CC[C@]43C)[C@@H]12. The molecule has 5 aliphatic rings. The Morgan fingerprint density at radius 1 is 0.909 bits per heavy atom. The van der Waals surface area contributed by atoms with E-state index in [1.54, 1.807) is 6.92 Å². The highest BCUT2D eigenvalue weighted by Gasteiger charge is 2.70. The van der Waals surface area contributed by atoms with Gasteiger partial charge in [-0.2, -0.15) is 5.26 Å². The lowest BCUT2D eigenvalue weighted by molar-refractivity contribution is -0.219. The minimum atomic E-state index is -0.286. The van der Waals surface area contributed by atoms with E-state index in [0.717, 1.165) is 44.9 Å². The number of amides is 1. The van der Waals surface area contributed by atoms with Crippen LogP contribution >= 0.6 is 0 Å².